The summed E-state index contributed by atoms with van der Waals surface area (Å²) in [6.07, 6.45) is 0.591. The van der Waals surface area contributed by atoms with Crippen LogP contribution < -0.4 is 11.1 Å². The molecule has 0 spiro atoms. The molecular weight excluding hydrogens is 308 g/mol. The number of amides is 2. The largest absolute Gasteiger partial charge is 0.369 e. The van der Waals surface area contributed by atoms with Gasteiger partial charge in [-0.25, -0.2) is 0 Å². The zero-order valence-corrected chi connectivity index (χ0v) is 12.3. The Kier molecular flexibility index (Phi) is 4.24. The molecule has 0 aliphatic heterocycles. The molecule has 4 nitrogen and oxygen atoms in total. The number of rotatable bonds is 5. The van der Waals surface area contributed by atoms with Gasteiger partial charge in [-0.3, -0.25) is 9.59 Å². The van der Waals surface area contributed by atoms with Crippen molar-refractivity contribution in [2.24, 2.45) is 17.6 Å². The molecule has 1 aliphatic carbocycles. The lowest BCUT2D eigenvalue weighted by molar-refractivity contribution is -0.125. The number of nitrogens with one attached hydrogen (secondary N) is 1. The van der Waals surface area contributed by atoms with Crippen LogP contribution in [-0.4, -0.2) is 18.4 Å². The minimum Gasteiger partial charge on any atom is -0.369 e. The summed E-state index contributed by atoms with van der Waals surface area (Å²) >= 11 is 3.39. The number of hydrogen-bond acceptors (Lipinski definition) is 2. The van der Waals surface area contributed by atoms with E-state index in [2.05, 4.69) is 28.2 Å². The third-order valence-electron chi connectivity index (χ3n) is 3.51. The summed E-state index contributed by atoms with van der Waals surface area (Å²) in [5, 5.41) is 2.88. The Labute approximate surface area is 120 Å². The van der Waals surface area contributed by atoms with Crippen LogP contribution in [0.1, 0.15) is 24.8 Å². The topological polar surface area (TPSA) is 72.2 Å². The van der Waals surface area contributed by atoms with Crippen LogP contribution in [0, 0.1) is 11.8 Å². The molecule has 2 amide bonds. The number of halogens is 1. The average Bonchev–Trinajstić information content (AvgIpc) is 3.16. The fourth-order valence-electron chi connectivity index (χ4n) is 2.09. The molecule has 1 aliphatic rings. The van der Waals surface area contributed by atoms with Gasteiger partial charge in [0.2, 0.25) is 11.8 Å². The van der Waals surface area contributed by atoms with E-state index in [-0.39, 0.29) is 29.6 Å². The van der Waals surface area contributed by atoms with Gasteiger partial charge >= 0.3 is 0 Å². The minimum atomic E-state index is -0.374. The van der Waals surface area contributed by atoms with Crippen LogP contribution in [0.15, 0.2) is 28.7 Å². The Bertz CT molecular complexity index is 487. The molecule has 0 aromatic heterocycles. The molecule has 1 unspecified atom stereocenters. The highest BCUT2D eigenvalue weighted by Gasteiger charge is 2.46. The Morgan fingerprint density at radius 2 is 2.00 bits per heavy atom. The molecule has 3 N–H and O–H groups in total. The van der Waals surface area contributed by atoms with Crippen LogP contribution in [0.25, 0.3) is 0 Å². The Morgan fingerprint density at radius 1 is 1.37 bits per heavy atom. The monoisotopic (exact) mass is 324 g/mol. The van der Waals surface area contributed by atoms with Crippen molar-refractivity contribution < 1.29 is 9.59 Å². The van der Waals surface area contributed by atoms with Crippen LogP contribution in [0.4, 0.5) is 0 Å². The van der Waals surface area contributed by atoms with E-state index in [9.17, 15) is 9.59 Å². The highest BCUT2D eigenvalue weighted by Crippen LogP contribution is 2.38. The summed E-state index contributed by atoms with van der Waals surface area (Å²) in [6.45, 7) is 2.63. The van der Waals surface area contributed by atoms with Gasteiger partial charge in [0.25, 0.3) is 0 Å². The first-order valence-electron chi connectivity index (χ1n) is 6.31. The van der Waals surface area contributed by atoms with Gasteiger partial charge < -0.3 is 11.1 Å². The molecule has 1 aromatic carbocycles. The highest BCUT2D eigenvalue weighted by atomic mass is 79.9. The third-order valence-corrected chi connectivity index (χ3v) is 4.04. The van der Waals surface area contributed by atoms with Gasteiger partial charge in [-0.1, -0.05) is 35.0 Å². The maximum absolute atomic E-state index is 11.8. The summed E-state index contributed by atoms with van der Waals surface area (Å²) < 4.78 is 1.04. The molecule has 2 rings (SSSR count). The van der Waals surface area contributed by atoms with E-state index in [1.807, 2.05) is 24.3 Å². The van der Waals surface area contributed by atoms with Crippen LogP contribution >= 0.6 is 15.9 Å². The van der Waals surface area contributed by atoms with Crippen molar-refractivity contribution >= 4 is 27.7 Å². The summed E-state index contributed by atoms with van der Waals surface area (Å²) in [7, 11) is 0. The number of primary amides is 1. The molecule has 19 heavy (non-hydrogen) atoms. The third kappa shape index (κ3) is 3.56. The van der Waals surface area contributed by atoms with Crippen LogP contribution in [-0.2, 0) is 9.59 Å². The predicted molar refractivity (Wildman–Crippen MR) is 76.4 cm³/mol. The summed E-state index contributed by atoms with van der Waals surface area (Å²) in [5.74, 6) is -0.672. The van der Waals surface area contributed by atoms with Crippen molar-refractivity contribution in [1.82, 2.24) is 5.32 Å². The van der Waals surface area contributed by atoms with E-state index in [1.54, 1.807) is 0 Å². The molecule has 5 heteroatoms. The summed E-state index contributed by atoms with van der Waals surface area (Å²) in [5.41, 5.74) is 6.34. The maximum atomic E-state index is 11.8. The van der Waals surface area contributed by atoms with Gasteiger partial charge in [0.15, 0.2) is 0 Å². The molecule has 1 aromatic rings. The van der Waals surface area contributed by atoms with Gasteiger partial charge in [-0.05, 0) is 30.0 Å². The van der Waals surface area contributed by atoms with Crippen LogP contribution in [0.3, 0.4) is 0 Å². The molecule has 1 saturated carbocycles. The second-order valence-electron chi connectivity index (χ2n) is 5.05. The maximum Gasteiger partial charge on any atom is 0.223 e. The summed E-state index contributed by atoms with van der Waals surface area (Å²) in [4.78, 5) is 22.7. The van der Waals surface area contributed by atoms with E-state index in [0.717, 1.165) is 4.47 Å². The lowest BCUT2D eigenvalue weighted by Gasteiger charge is -2.13. The van der Waals surface area contributed by atoms with E-state index in [1.165, 1.54) is 5.56 Å². The van der Waals surface area contributed by atoms with Crippen molar-refractivity contribution in [2.75, 3.05) is 6.54 Å². The lowest BCUT2D eigenvalue weighted by Crippen LogP contribution is -2.30. The molecule has 102 valence electrons. The second kappa shape index (κ2) is 5.74. The normalized spacial score (nSPS) is 22.6. The smallest absolute Gasteiger partial charge is 0.223 e. The van der Waals surface area contributed by atoms with Crippen molar-refractivity contribution in [2.45, 2.75) is 19.3 Å². The Balaban J connectivity index is 1.81. The van der Waals surface area contributed by atoms with Gasteiger partial charge in [0.05, 0.1) is 11.8 Å². The SMILES string of the molecule is CC(CNC(=O)[C@@H]1C[C@@H]1C(N)=O)c1ccc(Br)cc1. The first-order chi connectivity index (χ1) is 8.99. The molecule has 0 saturated heterocycles. The molecule has 0 bridgehead atoms. The van der Waals surface area contributed by atoms with Crippen molar-refractivity contribution in [3.63, 3.8) is 0 Å². The van der Waals surface area contributed by atoms with E-state index >= 15 is 0 Å². The average molecular weight is 325 g/mol. The van der Waals surface area contributed by atoms with Crippen LogP contribution in [0.2, 0.25) is 0 Å². The van der Waals surface area contributed by atoms with Crippen molar-refractivity contribution in [3.8, 4) is 0 Å². The van der Waals surface area contributed by atoms with Gasteiger partial charge in [-0.15, -0.1) is 0 Å². The molecule has 1 fully saturated rings. The van der Waals surface area contributed by atoms with Crippen molar-refractivity contribution in [1.29, 1.82) is 0 Å². The quantitative estimate of drug-likeness (QED) is 0.866. The van der Waals surface area contributed by atoms with E-state index in [0.29, 0.717) is 13.0 Å². The van der Waals surface area contributed by atoms with Crippen molar-refractivity contribution in [3.05, 3.63) is 34.3 Å². The van der Waals surface area contributed by atoms with Gasteiger partial charge in [-0.2, -0.15) is 0 Å². The predicted octanol–water partition coefficient (Wildman–Crippen LogP) is 1.79. The molecule has 0 heterocycles. The van der Waals surface area contributed by atoms with E-state index < -0.39 is 0 Å². The Morgan fingerprint density at radius 3 is 2.53 bits per heavy atom. The van der Waals surface area contributed by atoms with Gasteiger partial charge in [0.1, 0.15) is 0 Å². The second-order valence-corrected chi connectivity index (χ2v) is 5.96. The first-order valence-corrected chi connectivity index (χ1v) is 7.11. The lowest BCUT2D eigenvalue weighted by atomic mass is 10.0. The Hall–Kier alpha value is -1.36. The number of hydrogen-bond donors (Lipinski definition) is 2. The van der Waals surface area contributed by atoms with E-state index in [4.69, 9.17) is 5.73 Å². The minimum absolute atomic E-state index is 0.0623. The molecule has 0 radical (unpaired) electrons. The van der Waals surface area contributed by atoms with Crippen LogP contribution in [0.5, 0.6) is 0 Å². The number of nitrogens with two attached hydrogens (primary N) is 1. The molecule has 3 atom stereocenters. The number of benzene rings is 1. The summed E-state index contributed by atoms with van der Waals surface area (Å²) in [6, 6.07) is 8.03. The highest BCUT2D eigenvalue weighted by molar-refractivity contribution is 9.10. The zero-order valence-electron chi connectivity index (χ0n) is 10.7. The standard InChI is InChI=1S/C14H17BrN2O2/c1-8(9-2-4-10(15)5-3-9)7-17-14(19)12-6-11(12)13(16)18/h2-5,8,11-12H,6-7H2,1H3,(H2,16,18)(H,17,19)/t8?,11-,12+/m0/s1. The zero-order chi connectivity index (χ0) is 14.0. The number of carbonyl (C=O) groups is 2. The van der Waals surface area contributed by atoms with Gasteiger partial charge in [0, 0.05) is 11.0 Å². The fraction of sp³-hybridized carbons (Fsp3) is 0.429. The first kappa shape index (κ1) is 14.1. The molecular formula is C14H17BrN2O2. The number of carbonyl (C=O) groups excluding carboxylic acids is 2. The fourth-order valence-corrected chi connectivity index (χ4v) is 2.36.